The molecule has 21 heavy (non-hydrogen) atoms. The molecule has 7 heteroatoms. The van der Waals surface area contributed by atoms with Crippen LogP contribution in [0.4, 0.5) is 0 Å². The van der Waals surface area contributed by atoms with Gasteiger partial charge in [-0.05, 0) is 58.7 Å². The van der Waals surface area contributed by atoms with Crippen LogP contribution in [0.2, 0.25) is 0 Å². The summed E-state index contributed by atoms with van der Waals surface area (Å²) in [5.41, 5.74) is 1.13. The Hall–Kier alpha value is -1.44. The lowest BCUT2D eigenvalue weighted by molar-refractivity contribution is 0.0951. The predicted octanol–water partition coefficient (Wildman–Crippen LogP) is 0.585. The first-order chi connectivity index (χ1) is 9.77. The first-order valence-electron chi connectivity index (χ1n) is 6.75. The van der Waals surface area contributed by atoms with E-state index in [4.69, 9.17) is 0 Å². The minimum atomic E-state index is -3.54. The van der Waals surface area contributed by atoms with Crippen LogP contribution in [0.5, 0.6) is 0 Å². The van der Waals surface area contributed by atoms with E-state index in [1.165, 1.54) is 19.2 Å². The number of carbonyl (C=O) groups excluding carboxylic acids is 1. The number of hydrogen-bond donors (Lipinski definition) is 2. The molecule has 0 aliphatic rings. The molecule has 0 spiro atoms. The SMILES string of the molecule is CNS(=O)(=O)c1ccc(C)c(C(=O)NCCCN(C)C)c1. The highest BCUT2D eigenvalue weighted by molar-refractivity contribution is 7.89. The van der Waals surface area contributed by atoms with Gasteiger partial charge in [-0.3, -0.25) is 4.79 Å². The Morgan fingerprint density at radius 2 is 1.95 bits per heavy atom. The van der Waals surface area contributed by atoms with Crippen molar-refractivity contribution in [3.8, 4) is 0 Å². The Balaban J connectivity index is 2.82. The normalized spacial score (nSPS) is 11.7. The second-order valence-electron chi connectivity index (χ2n) is 5.10. The van der Waals surface area contributed by atoms with Gasteiger partial charge in [0.25, 0.3) is 5.91 Å². The Morgan fingerprint density at radius 1 is 1.29 bits per heavy atom. The van der Waals surface area contributed by atoms with Crippen LogP contribution in [-0.2, 0) is 10.0 Å². The molecule has 6 nitrogen and oxygen atoms in total. The second kappa shape index (κ2) is 7.53. The number of nitrogens with one attached hydrogen (secondary N) is 2. The quantitative estimate of drug-likeness (QED) is 0.722. The van der Waals surface area contributed by atoms with Crippen molar-refractivity contribution >= 4 is 15.9 Å². The molecule has 0 aliphatic carbocycles. The molecule has 0 fully saturated rings. The molecule has 0 radical (unpaired) electrons. The highest BCUT2D eigenvalue weighted by atomic mass is 32.2. The van der Waals surface area contributed by atoms with Gasteiger partial charge in [-0.2, -0.15) is 0 Å². The van der Waals surface area contributed by atoms with Crippen LogP contribution in [0.1, 0.15) is 22.3 Å². The molecule has 2 N–H and O–H groups in total. The van der Waals surface area contributed by atoms with E-state index < -0.39 is 10.0 Å². The van der Waals surface area contributed by atoms with Crippen molar-refractivity contribution in [3.63, 3.8) is 0 Å². The monoisotopic (exact) mass is 313 g/mol. The van der Waals surface area contributed by atoms with E-state index >= 15 is 0 Å². The van der Waals surface area contributed by atoms with E-state index in [0.29, 0.717) is 12.1 Å². The smallest absolute Gasteiger partial charge is 0.251 e. The summed E-state index contributed by atoms with van der Waals surface area (Å²) in [7, 11) is 1.74. The van der Waals surface area contributed by atoms with Gasteiger partial charge in [0.1, 0.15) is 0 Å². The van der Waals surface area contributed by atoms with Crippen LogP contribution >= 0.6 is 0 Å². The Morgan fingerprint density at radius 3 is 2.52 bits per heavy atom. The fraction of sp³-hybridized carbons (Fsp3) is 0.500. The van der Waals surface area contributed by atoms with Crippen LogP contribution in [0, 0.1) is 6.92 Å². The zero-order valence-corrected chi connectivity index (χ0v) is 13.8. The third kappa shape index (κ3) is 5.11. The molecular weight excluding hydrogens is 290 g/mol. The van der Waals surface area contributed by atoms with E-state index in [9.17, 15) is 13.2 Å². The number of rotatable bonds is 7. The van der Waals surface area contributed by atoms with Crippen molar-refractivity contribution in [3.05, 3.63) is 29.3 Å². The molecule has 1 amide bonds. The summed E-state index contributed by atoms with van der Waals surface area (Å²) in [6.45, 7) is 3.22. The van der Waals surface area contributed by atoms with Crippen LogP contribution in [0.3, 0.4) is 0 Å². The summed E-state index contributed by atoms with van der Waals surface area (Å²) < 4.78 is 25.8. The number of nitrogens with zero attached hydrogens (tertiary/aromatic N) is 1. The van der Waals surface area contributed by atoms with Gasteiger partial charge in [0.05, 0.1) is 4.90 Å². The molecule has 118 valence electrons. The van der Waals surface area contributed by atoms with Crippen molar-refractivity contribution in [2.45, 2.75) is 18.2 Å². The zero-order valence-electron chi connectivity index (χ0n) is 12.9. The summed E-state index contributed by atoms with van der Waals surface area (Å²) in [5.74, 6) is -0.251. The van der Waals surface area contributed by atoms with Gasteiger partial charge in [0, 0.05) is 12.1 Å². The average Bonchev–Trinajstić information content (AvgIpc) is 2.43. The lowest BCUT2D eigenvalue weighted by Crippen LogP contribution is -2.28. The van der Waals surface area contributed by atoms with E-state index in [1.807, 2.05) is 19.0 Å². The summed E-state index contributed by atoms with van der Waals surface area (Å²) in [5, 5.41) is 2.81. The molecule has 0 bridgehead atoms. The predicted molar refractivity (Wildman–Crippen MR) is 82.9 cm³/mol. The molecule has 1 aromatic rings. The molecule has 0 aliphatic heterocycles. The van der Waals surface area contributed by atoms with Gasteiger partial charge in [-0.1, -0.05) is 6.07 Å². The molecule has 0 saturated heterocycles. The summed E-state index contributed by atoms with van der Waals surface area (Å²) in [4.78, 5) is 14.3. The fourth-order valence-corrected chi connectivity index (χ4v) is 2.58. The molecule has 0 atom stereocenters. The fourth-order valence-electron chi connectivity index (χ4n) is 1.82. The van der Waals surface area contributed by atoms with Crippen molar-refractivity contribution in [1.29, 1.82) is 0 Å². The minimum absolute atomic E-state index is 0.0917. The highest BCUT2D eigenvalue weighted by Crippen LogP contribution is 2.15. The maximum Gasteiger partial charge on any atom is 0.251 e. The second-order valence-corrected chi connectivity index (χ2v) is 6.98. The molecular formula is C14H23N3O3S. The van der Waals surface area contributed by atoms with Gasteiger partial charge < -0.3 is 10.2 Å². The summed E-state index contributed by atoms with van der Waals surface area (Å²) in [6.07, 6.45) is 0.840. The summed E-state index contributed by atoms with van der Waals surface area (Å²) in [6, 6.07) is 4.53. The van der Waals surface area contributed by atoms with E-state index in [-0.39, 0.29) is 10.8 Å². The molecule has 1 aromatic carbocycles. The van der Waals surface area contributed by atoms with Crippen LogP contribution < -0.4 is 10.0 Å². The van der Waals surface area contributed by atoms with Crippen LogP contribution in [-0.4, -0.2) is 53.5 Å². The van der Waals surface area contributed by atoms with Gasteiger partial charge in [-0.25, -0.2) is 13.1 Å². The molecule has 1 rings (SSSR count). The molecule has 0 unspecified atom stereocenters. The lowest BCUT2D eigenvalue weighted by atomic mass is 10.1. The third-order valence-electron chi connectivity index (χ3n) is 3.10. The number of sulfonamides is 1. The van der Waals surface area contributed by atoms with E-state index in [1.54, 1.807) is 13.0 Å². The van der Waals surface area contributed by atoms with Gasteiger partial charge in [-0.15, -0.1) is 0 Å². The molecule has 0 aromatic heterocycles. The first-order valence-corrected chi connectivity index (χ1v) is 8.23. The lowest BCUT2D eigenvalue weighted by Gasteiger charge is -2.12. The minimum Gasteiger partial charge on any atom is -0.352 e. The maximum atomic E-state index is 12.1. The van der Waals surface area contributed by atoms with Crippen molar-refractivity contribution in [2.75, 3.05) is 34.2 Å². The molecule has 0 heterocycles. The van der Waals surface area contributed by atoms with E-state index in [0.717, 1.165) is 18.5 Å². The number of amides is 1. The molecule has 0 saturated carbocycles. The maximum absolute atomic E-state index is 12.1. The first kappa shape index (κ1) is 17.6. The van der Waals surface area contributed by atoms with Crippen molar-refractivity contribution < 1.29 is 13.2 Å². The van der Waals surface area contributed by atoms with Crippen molar-refractivity contribution in [2.24, 2.45) is 0 Å². The standard InChI is InChI=1S/C14H23N3O3S/c1-11-6-7-12(21(19,20)15-2)10-13(11)14(18)16-8-5-9-17(3)4/h6-7,10,15H,5,8-9H2,1-4H3,(H,16,18). The van der Waals surface area contributed by atoms with Crippen LogP contribution in [0.25, 0.3) is 0 Å². The van der Waals surface area contributed by atoms with Gasteiger partial charge in [0.15, 0.2) is 0 Å². The number of benzene rings is 1. The summed E-state index contributed by atoms with van der Waals surface area (Å²) >= 11 is 0. The topological polar surface area (TPSA) is 78.5 Å². The average molecular weight is 313 g/mol. The number of aryl methyl sites for hydroxylation is 1. The Bertz CT molecular complexity index is 597. The third-order valence-corrected chi connectivity index (χ3v) is 4.51. The largest absolute Gasteiger partial charge is 0.352 e. The Kier molecular flexibility index (Phi) is 6.32. The van der Waals surface area contributed by atoms with Gasteiger partial charge >= 0.3 is 0 Å². The van der Waals surface area contributed by atoms with Crippen molar-refractivity contribution in [1.82, 2.24) is 14.9 Å². The number of hydrogen-bond acceptors (Lipinski definition) is 4. The Labute approximate surface area is 126 Å². The highest BCUT2D eigenvalue weighted by Gasteiger charge is 2.16. The van der Waals surface area contributed by atoms with Gasteiger partial charge in [0.2, 0.25) is 10.0 Å². The van der Waals surface area contributed by atoms with Crippen LogP contribution in [0.15, 0.2) is 23.1 Å². The van der Waals surface area contributed by atoms with E-state index in [2.05, 4.69) is 10.0 Å². The number of carbonyl (C=O) groups is 1. The zero-order chi connectivity index (χ0) is 16.0.